The van der Waals surface area contributed by atoms with E-state index in [-0.39, 0.29) is 29.4 Å². The maximum Gasteiger partial charge on any atom is 0.224 e. The van der Waals surface area contributed by atoms with E-state index in [1.165, 1.54) is 5.56 Å². The minimum absolute atomic E-state index is 0.0260. The largest absolute Gasteiger partial charge is 0.353 e. The van der Waals surface area contributed by atoms with Crippen LogP contribution in [0.5, 0.6) is 0 Å². The summed E-state index contributed by atoms with van der Waals surface area (Å²) in [6.07, 6.45) is 4.60. The predicted octanol–water partition coefficient (Wildman–Crippen LogP) is 2.26. The van der Waals surface area contributed by atoms with Crippen LogP contribution in [0.15, 0.2) is 30.3 Å². The van der Waals surface area contributed by atoms with Crippen LogP contribution in [0.1, 0.15) is 43.6 Å². The smallest absolute Gasteiger partial charge is 0.224 e. The fraction of sp³-hybridized carbons (Fsp3) is 0.588. The number of amides is 1. The molecular formula is C17H23NO3S. The van der Waals surface area contributed by atoms with E-state index in [1.807, 2.05) is 6.07 Å². The third kappa shape index (κ3) is 3.69. The topological polar surface area (TPSA) is 63.2 Å². The van der Waals surface area contributed by atoms with Crippen molar-refractivity contribution in [3.8, 4) is 0 Å². The molecule has 4 nitrogen and oxygen atoms in total. The number of hydrogen-bond donors (Lipinski definition) is 1. The number of carbonyl (C=O) groups excluding carboxylic acids is 1. The molecule has 2 fully saturated rings. The van der Waals surface area contributed by atoms with Gasteiger partial charge < -0.3 is 5.32 Å². The molecule has 0 spiro atoms. The van der Waals surface area contributed by atoms with Gasteiger partial charge >= 0.3 is 0 Å². The van der Waals surface area contributed by atoms with E-state index in [1.54, 1.807) is 0 Å². The van der Waals surface area contributed by atoms with Crippen LogP contribution in [0.25, 0.3) is 0 Å². The molecule has 0 aromatic heterocycles. The summed E-state index contributed by atoms with van der Waals surface area (Å²) >= 11 is 0. The van der Waals surface area contributed by atoms with Crippen molar-refractivity contribution in [1.29, 1.82) is 0 Å². The second kappa shape index (κ2) is 6.41. The van der Waals surface area contributed by atoms with Gasteiger partial charge in [-0.25, -0.2) is 8.42 Å². The quantitative estimate of drug-likeness (QED) is 0.929. The molecule has 1 saturated heterocycles. The Kier molecular flexibility index (Phi) is 4.52. The summed E-state index contributed by atoms with van der Waals surface area (Å²) in [4.78, 5) is 12.2. The highest BCUT2D eigenvalue weighted by Crippen LogP contribution is 2.33. The van der Waals surface area contributed by atoms with E-state index in [2.05, 4.69) is 29.6 Å². The second-order valence-electron chi connectivity index (χ2n) is 6.57. The first-order valence-corrected chi connectivity index (χ1v) is 9.91. The highest BCUT2D eigenvalue weighted by Gasteiger charge is 2.34. The molecule has 0 unspecified atom stereocenters. The zero-order chi connectivity index (χ0) is 15.6. The lowest BCUT2D eigenvalue weighted by Gasteiger charge is -2.30. The Morgan fingerprint density at radius 1 is 1.00 bits per heavy atom. The first-order valence-electron chi connectivity index (χ1n) is 8.09. The van der Waals surface area contributed by atoms with Crippen molar-refractivity contribution in [1.82, 2.24) is 5.32 Å². The Balaban J connectivity index is 1.49. The molecule has 1 aromatic carbocycles. The normalized spacial score (nSPS) is 30.8. The maximum atomic E-state index is 12.2. The lowest BCUT2D eigenvalue weighted by atomic mass is 9.81. The molecule has 1 amide bonds. The molecule has 1 heterocycles. The molecule has 1 aliphatic carbocycles. The minimum atomic E-state index is -2.99. The molecule has 1 saturated carbocycles. The van der Waals surface area contributed by atoms with Crippen molar-refractivity contribution >= 4 is 15.7 Å². The third-order valence-electron chi connectivity index (χ3n) is 4.95. The molecule has 1 N–H and O–H groups in total. The molecule has 0 radical (unpaired) electrons. The average molecular weight is 321 g/mol. The predicted molar refractivity (Wildman–Crippen MR) is 86.3 cm³/mol. The van der Waals surface area contributed by atoms with E-state index in [0.29, 0.717) is 12.3 Å². The van der Waals surface area contributed by atoms with Crippen molar-refractivity contribution in [2.75, 3.05) is 11.5 Å². The van der Waals surface area contributed by atoms with Gasteiger partial charge in [0.15, 0.2) is 9.84 Å². The van der Waals surface area contributed by atoms with Crippen molar-refractivity contribution < 1.29 is 13.2 Å². The van der Waals surface area contributed by atoms with Crippen LogP contribution in [0.3, 0.4) is 0 Å². The lowest BCUT2D eigenvalue weighted by molar-refractivity contribution is -0.125. The number of rotatable bonds is 3. The van der Waals surface area contributed by atoms with Gasteiger partial charge in [0, 0.05) is 6.04 Å². The third-order valence-corrected chi connectivity index (χ3v) is 6.72. The van der Waals surface area contributed by atoms with E-state index in [0.717, 1.165) is 25.7 Å². The molecule has 1 atom stereocenters. The Morgan fingerprint density at radius 2 is 1.68 bits per heavy atom. The number of benzene rings is 1. The van der Waals surface area contributed by atoms with Gasteiger partial charge in [0.25, 0.3) is 0 Å². The van der Waals surface area contributed by atoms with Crippen LogP contribution in [0.2, 0.25) is 0 Å². The average Bonchev–Trinajstić information content (AvgIpc) is 2.89. The van der Waals surface area contributed by atoms with Crippen molar-refractivity contribution in [2.45, 2.75) is 44.1 Å². The summed E-state index contributed by atoms with van der Waals surface area (Å²) < 4.78 is 22.9. The van der Waals surface area contributed by atoms with Gasteiger partial charge in [-0.15, -0.1) is 0 Å². The maximum absolute atomic E-state index is 12.2. The Bertz CT molecular complexity index is 619. The van der Waals surface area contributed by atoms with Gasteiger partial charge in [-0.05, 0) is 43.6 Å². The summed E-state index contributed by atoms with van der Waals surface area (Å²) in [5.41, 5.74) is 1.38. The van der Waals surface area contributed by atoms with Crippen LogP contribution >= 0.6 is 0 Å². The number of sulfone groups is 1. The lowest BCUT2D eigenvalue weighted by Crippen LogP contribution is -2.41. The van der Waals surface area contributed by atoms with Crippen LogP contribution < -0.4 is 5.32 Å². The molecule has 22 heavy (non-hydrogen) atoms. The zero-order valence-electron chi connectivity index (χ0n) is 12.7. The zero-order valence-corrected chi connectivity index (χ0v) is 13.5. The van der Waals surface area contributed by atoms with Gasteiger partial charge in [0.2, 0.25) is 5.91 Å². The second-order valence-corrected chi connectivity index (χ2v) is 8.80. The van der Waals surface area contributed by atoms with E-state index < -0.39 is 9.84 Å². The standard InChI is InChI=1S/C17H23NO3S/c19-17(15-10-11-22(20,21)12-15)18-16-8-6-14(7-9-16)13-4-2-1-3-5-13/h1-5,14-16H,6-12H2,(H,18,19)/t14?,15-,16?/m1/s1. The van der Waals surface area contributed by atoms with E-state index in [4.69, 9.17) is 0 Å². The van der Waals surface area contributed by atoms with Crippen molar-refractivity contribution in [3.63, 3.8) is 0 Å². The molecular weight excluding hydrogens is 298 g/mol. The summed E-state index contributed by atoms with van der Waals surface area (Å²) in [5.74, 6) is 0.367. The number of hydrogen-bond acceptors (Lipinski definition) is 3. The summed E-state index contributed by atoms with van der Waals surface area (Å²) in [5, 5.41) is 3.07. The molecule has 0 bridgehead atoms. The van der Waals surface area contributed by atoms with Crippen molar-refractivity contribution in [2.24, 2.45) is 5.92 Å². The van der Waals surface area contributed by atoms with E-state index in [9.17, 15) is 13.2 Å². The van der Waals surface area contributed by atoms with Gasteiger partial charge in [0.05, 0.1) is 17.4 Å². The van der Waals surface area contributed by atoms with E-state index >= 15 is 0 Å². The summed E-state index contributed by atoms with van der Waals surface area (Å²) in [6.45, 7) is 0. The summed E-state index contributed by atoms with van der Waals surface area (Å²) in [6, 6.07) is 10.7. The molecule has 5 heteroatoms. The molecule has 1 aliphatic heterocycles. The number of nitrogens with one attached hydrogen (secondary N) is 1. The van der Waals surface area contributed by atoms with Gasteiger partial charge in [-0.2, -0.15) is 0 Å². The highest BCUT2D eigenvalue weighted by atomic mass is 32.2. The Hall–Kier alpha value is -1.36. The number of carbonyl (C=O) groups is 1. The molecule has 3 rings (SSSR count). The van der Waals surface area contributed by atoms with Gasteiger partial charge in [0.1, 0.15) is 0 Å². The fourth-order valence-corrected chi connectivity index (χ4v) is 5.36. The molecule has 2 aliphatic rings. The highest BCUT2D eigenvalue weighted by molar-refractivity contribution is 7.91. The Labute approximate surface area is 132 Å². The van der Waals surface area contributed by atoms with Crippen LogP contribution in [-0.4, -0.2) is 31.9 Å². The SMILES string of the molecule is O=C(NC1CCC(c2ccccc2)CC1)[C@@H]1CCS(=O)(=O)C1. The van der Waals surface area contributed by atoms with Crippen LogP contribution in [0.4, 0.5) is 0 Å². The van der Waals surface area contributed by atoms with Crippen LogP contribution in [0, 0.1) is 5.92 Å². The minimum Gasteiger partial charge on any atom is -0.353 e. The Morgan fingerprint density at radius 3 is 2.27 bits per heavy atom. The first-order chi connectivity index (χ1) is 10.5. The first kappa shape index (κ1) is 15.5. The van der Waals surface area contributed by atoms with Crippen molar-refractivity contribution in [3.05, 3.63) is 35.9 Å². The monoisotopic (exact) mass is 321 g/mol. The fourth-order valence-electron chi connectivity index (χ4n) is 3.62. The molecule has 120 valence electrons. The summed E-state index contributed by atoms with van der Waals surface area (Å²) in [7, 11) is -2.99. The van der Waals surface area contributed by atoms with Gasteiger partial charge in [-0.1, -0.05) is 30.3 Å². The van der Waals surface area contributed by atoms with Crippen LogP contribution in [-0.2, 0) is 14.6 Å². The molecule has 1 aromatic rings. The van der Waals surface area contributed by atoms with Gasteiger partial charge in [-0.3, -0.25) is 4.79 Å².